The van der Waals surface area contributed by atoms with Crippen molar-refractivity contribution in [3.05, 3.63) is 76.1 Å². The zero-order valence-corrected chi connectivity index (χ0v) is 14.9. The third kappa shape index (κ3) is 4.23. The van der Waals surface area contributed by atoms with Gasteiger partial charge in [0.2, 0.25) is 5.76 Å². The SMILES string of the molecule is CC(C)C(=O)Oc1cccc2oc(C(=O)OCc3ccccc3)cc(=O)c12. The number of rotatable bonds is 5. The summed E-state index contributed by atoms with van der Waals surface area (Å²) >= 11 is 0. The number of ether oxygens (including phenoxy) is 2. The van der Waals surface area contributed by atoms with Crippen LogP contribution in [0.3, 0.4) is 0 Å². The second kappa shape index (κ2) is 7.86. The summed E-state index contributed by atoms with van der Waals surface area (Å²) < 4.78 is 16.0. The average molecular weight is 366 g/mol. The van der Waals surface area contributed by atoms with E-state index in [1.165, 1.54) is 12.1 Å². The van der Waals surface area contributed by atoms with Crippen LogP contribution >= 0.6 is 0 Å². The minimum Gasteiger partial charge on any atom is -0.455 e. The Balaban J connectivity index is 1.87. The van der Waals surface area contributed by atoms with Crippen molar-refractivity contribution in [3.8, 4) is 5.75 Å². The summed E-state index contributed by atoms with van der Waals surface area (Å²) in [5, 5.41) is 0.103. The highest BCUT2D eigenvalue weighted by Gasteiger charge is 2.18. The Hall–Kier alpha value is -3.41. The molecule has 0 aliphatic rings. The van der Waals surface area contributed by atoms with Gasteiger partial charge in [-0.2, -0.15) is 0 Å². The van der Waals surface area contributed by atoms with Gasteiger partial charge in [-0.15, -0.1) is 0 Å². The molecule has 0 radical (unpaired) electrons. The van der Waals surface area contributed by atoms with Gasteiger partial charge in [0.1, 0.15) is 23.3 Å². The molecule has 0 spiro atoms. The van der Waals surface area contributed by atoms with E-state index >= 15 is 0 Å². The molecule has 0 unspecified atom stereocenters. The number of benzene rings is 2. The molecule has 0 bridgehead atoms. The first-order valence-corrected chi connectivity index (χ1v) is 8.45. The quantitative estimate of drug-likeness (QED) is 0.506. The van der Waals surface area contributed by atoms with E-state index in [-0.39, 0.29) is 35.0 Å². The number of carbonyl (C=O) groups is 2. The molecule has 1 heterocycles. The maximum absolute atomic E-state index is 12.5. The molecule has 27 heavy (non-hydrogen) atoms. The second-order valence-corrected chi connectivity index (χ2v) is 6.24. The normalized spacial score (nSPS) is 10.8. The lowest BCUT2D eigenvalue weighted by Crippen LogP contribution is -2.16. The van der Waals surface area contributed by atoms with Crippen molar-refractivity contribution in [1.82, 2.24) is 0 Å². The molecule has 3 rings (SSSR count). The monoisotopic (exact) mass is 366 g/mol. The Morgan fingerprint density at radius 2 is 1.78 bits per heavy atom. The average Bonchev–Trinajstić information content (AvgIpc) is 2.66. The van der Waals surface area contributed by atoms with E-state index in [1.54, 1.807) is 19.9 Å². The number of hydrogen-bond acceptors (Lipinski definition) is 6. The van der Waals surface area contributed by atoms with Crippen LogP contribution in [0, 0.1) is 5.92 Å². The molecular weight excluding hydrogens is 348 g/mol. The van der Waals surface area contributed by atoms with Gasteiger partial charge in [0.25, 0.3) is 0 Å². The topological polar surface area (TPSA) is 82.8 Å². The maximum atomic E-state index is 12.5. The van der Waals surface area contributed by atoms with Crippen LogP contribution in [-0.2, 0) is 16.1 Å². The molecule has 0 aliphatic heterocycles. The van der Waals surface area contributed by atoms with Gasteiger partial charge in [-0.05, 0) is 17.7 Å². The molecule has 0 amide bonds. The molecule has 138 valence electrons. The van der Waals surface area contributed by atoms with E-state index in [1.807, 2.05) is 30.3 Å². The van der Waals surface area contributed by atoms with Crippen LogP contribution in [0.15, 0.2) is 63.8 Å². The van der Waals surface area contributed by atoms with Crippen LogP contribution in [-0.4, -0.2) is 11.9 Å². The first-order valence-electron chi connectivity index (χ1n) is 8.45. The Labute approximate surface area is 155 Å². The van der Waals surface area contributed by atoms with Gasteiger partial charge < -0.3 is 13.9 Å². The lowest BCUT2D eigenvalue weighted by Gasteiger charge is -2.09. The summed E-state index contributed by atoms with van der Waals surface area (Å²) in [7, 11) is 0. The molecule has 6 nitrogen and oxygen atoms in total. The van der Waals surface area contributed by atoms with E-state index < -0.39 is 17.4 Å². The largest absolute Gasteiger partial charge is 0.455 e. The van der Waals surface area contributed by atoms with Gasteiger partial charge in [-0.25, -0.2) is 4.79 Å². The number of esters is 2. The molecule has 0 atom stereocenters. The predicted molar refractivity (Wildman–Crippen MR) is 98.5 cm³/mol. The number of fused-ring (bicyclic) bond motifs is 1. The Morgan fingerprint density at radius 3 is 2.48 bits per heavy atom. The molecular formula is C21H18O6. The third-order valence-corrected chi connectivity index (χ3v) is 3.81. The van der Waals surface area contributed by atoms with Crippen molar-refractivity contribution in [1.29, 1.82) is 0 Å². The van der Waals surface area contributed by atoms with Crippen molar-refractivity contribution in [2.75, 3.05) is 0 Å². The van der Waals surface area contributed by atoms with Crippen molar-refractivity contribution in [3.63, 3.8) is 0 Å². The molecule has 2 aromatic carbocycles. The smallest absolute Gasteiger partial charge is 0.374 e. The second-order valence-electron chi connectivity index (χ2n) is 6.24. The summed E-state index contributed by atoms with van der Waals surface area (Å²) in [5.74, 6) is -1.67. The molecule has 1 aromatic heterocycles. The standard InChI is InChI=1S/C21H18O6/c1-13(2)20(23)27-17-10-6-9-16-19(17)15(22)11-18(26-16)21(24)25-12-14-7-4-3-5-8-14/h3-11,13H,12H2,1-2H3. The van der Waals surface area contributed by atoms with E-state index in [4.69, 9.17) is 13.9 Å². The number of carbonyl (C=O) groups excluding carboxylic acids is 2. The Bertz CT molecular complexity index is 1030. The molecule has 0 fully saturated rings. The van der Waals surface area contributed by atoms with Gasteiger partial charge in [0.05, 0.1) is 5.92 Å². The summed E-state index contributed by atoms with van der Waals surface area (Å²) in [5.41, 5.74) is 0.468. The first kappa shape index (κ1) is 18.4. The van der Waals surface area contributed by atoms with Gasteiger partial charge in [0.15, 0.2) is 5.43 Å². The Morgan fingerprint density at radius 1 is 1.04 bits per heavy atom. The van der Waals surface area contributed by atoms with Gasteiger partial charge in [-0.3, -0.25) is 9.59 Å². The first-order chi connectivity index (χ1) is 13.0. The minimum atomic E-state index is -0.748. The molecule has 3 aromatic rings. The van der Waals surface area contributed by atoms with Crippen molar-refractivity contribution in [2.24, 2.45) is 5.92 Å². The summed E-state index contributed by atoms with van der Waals surface area (Å²) in [4.78, 5) is 36.6. The maximum Gasteiger partial charge on any atom is 0.374 e. The third-order valence-electron chi connectivity index (χ3n) is 3.81. The zero-order chi connectivity index (χ0) is 19.4. The van der Waals surface area contributed by atoms with Crippen LogP contribution < -0.4 is 10.2 Å². The van der Waals surface area contributed by atoms with E-state index in [0.717, 1.165) is 11.6 Å². The van der Waals surface area contributed by atoms with Gasteiger partial charge >= 0.3 is 11.9 Å². The lowest BCUT2D eigenvalue weighted by molar-refractivity contribution is -0.137. The fourth-order valence-corrected chi connectivity index (χ4v) is 2.38. The highest BCUT2D eigenvalue weighted by atomic mass is 16.5. The van der Waals surface area contributed by atoms with Crippen LogP contribution in [0.1, 0.15) is 30.0 Å². The van der Waals surface area contributed by atoms with Gasteiger partial charge in [-0.1, -0.05) is 50.2 Å². The van der Waals surface area contributed by atoms with Crippen LogP contribution in [0.2, 0.25) is 0 Å². The predicted octanol–water partition coefficient (Wildman–Crippen LogP) is 3.71. The highest BCUT2D eigenvalue weighted by molar-refractivity contribution is 5.91. The summed E-state index contributed by atoms with van der Waals surface area (Å²) in [6, 6.07) is 14.8. The van der Waals surface area contributed by atoms with Crippen LogP contribution in [0.5, 0.6) is 5.75 Å². The van der Waals surface area contributed by atoms with Crippen molar-refractivity contribution in [2.45, 2.75) is 20.5 Å². The van der Waals surface area contributed by atoms with Crippen molar-refractivity contribution < 1.29 is 23.5 Å². The van der Waals surface area contributed by atoms with Gasteiger partial charge in [0, 0.05) is 6.07 Å². The van der Waals surface area contributed by atoms with Crippen LogP contribution in [0.4, 0.5) is 0 Å². The van der Waals surface area contributed by atoms with E-state index in [2.05, 4.69) is 0 Å². The Kier molecular flexibility index (Phi) is 5.35. The zero-order valence-electron chi connectivity index (χ0n) is 14.9. The lowest BCUT2D eigenvalue weighted by atomic mass is 10.2. The van der Waals surface area contributed by atoms with Crippen LogP contribution in [0.25, 0.3) is 11.0 Å². The molecule has 0 N–H and O–H groups in total. The molecule has 0 saturated heterocycles. The fraction of sp³-hybridized carbons (Fsp3) is 0.190. The fourth-order valence-electron chi connectivity index (χ4n) is 2.38. The van der Waals surface area contributed by atoms with Crippen molar-refractivity contribution >= 4 is 22.9 Å². The highest BCUT2D eigenvalue weighted by Crippen LogP contribution is 2.24. The summed E-state index contributed by atoms with van der Waals surface area (Å²) in [6.07, 6.45) is 0. The van der Waals surface area contributed by atoms with E-state index in [0.29, 0.717) is 0 Å². The summed E-state index contributed by atoms with van der Waals surface area (Å²) in [6.45, 7) is 3.45. The minimum absolute atomic E-state index is 0.0630. The van der Waals surface area contributed by atoms with E-state index in [9.17, 15) is 14.4 Å². The molecule has 0 aliphatic carbocycles. The molecule has 6 heteroatoms. The molecule has 0 saturated carbocycles. The number of hydrogen-bond donors (Lipinski definition) is 0.